The van der Waals surface area contributed by atoms with E-state index in [2.05, 4.69) is 15.5 Å². The Kier molecular flexibility index (Phi) is 7.65. The van der Waals surface area contributed by atoms with Crippen LogP contribution >= 0.6 is 23.4 Å². The van der Waals surface area contributed by atoms with Crippen LogP contribution < -0.4 is 10.1 Å². The lowest BCUT2D eigenvalue weighted by atomic mass is 10.3. The second-order valence-corrected chi connectivity index (χ2v) is 7.91. The normalized spacial score (nSPS) is 11.8. The monoisotopic (exact) mass is 479 g/mol. The highest BCUT2D eigenvalue weighted by molar-refractivity contribution is 7.99. The summed E-state index contributed by atoms with van der Waals surface area (Å²) in [5, 5.41) is 22.4. The minimum Gasteiger partial charge on any atom is -0.481 e. The molecular weight excluding hydrogens is 461 g/mol. The Labute approximate surface area is 192 Å². The minimum atomic E-state index is -0.530. The van der Waals surface area contributed by atoms with Gasteiger partial charge in [0.2, 0.25) is 5.91 Å². The molecule has 3 aromatic rings. The van der Waals surface area contributed by atoms with Gasteiger partial charge in [-0.15, -0.1) is 10.2 Å². The number of benzene rings is 2. The van der Waals surface area contributed by atoms with Gasteiger partial charge in [0, 0.05) is 24.4 Å². The van der Waals surface area contributed by atoms with Gasteiger partial charge in [-0.05, 0) is 38.1 Å². The Hall–Kier alpha value is -3.18. The van der Waals surface area contributed by atoms with E-state index in [0.717, 1.165) is 6.07 Å². The summed E-state index contributed by atoms with van der Waals surface area (Å²) in [7, 11) is 0. The molecule has 2 aromatic carbocycles. The van der Waals surface area contributed by atoms with Gasteiger partial charge in [0.25, 0.3) is 5.69 Å². The number of amides is 1. The summed E-state index contributed by atoms with van der Waals surface area (Å²) < 4.78 is 20.9. The molecule has 9 nitrogen and oxygen atoms in total. The van der Waals surface area contributed by atoms with E-state index in [9.17, 15) is 19.3 Å². The molecule has 32 heavy (non-hydrogen) atoms. The largest absolute Gasteiger partial charge is 0.481 e. The fraction of sp³-hybridized carbons (Fsp3) is 0.250. The van der Waals surface area contributed by atoms with E-state index in [1.54, 1.807) is 17.6 Å². The van der Waals surface area contributed by atoms with Crippen molar-refractivity contribution in [2.75, 3.05) is 11.1 Å². The second-order valence-electron chi connectivity index (χ2n) is 6.56. The van der Waals surface area contributed by atoms with Crippen molar-refractivity contribution in [2.45, 2.75) is 31.7 Å². The summed E-state index contributed by atoms with van der Waals surface area (Å²) in [6.45, 7) is 4.19. The number of carbonyl (C=O) groups is 1. The van der Waals surface area contributed by atoms with Crippen molar-refractivity contribution >= 4 is 40.6 Å². The number of ether oxygens (including phenoxy) is 1. The number of halogens is 2. The van der Waals surface area contributed by atoms with Gasteiger partial charge in [-0.3, -0.25) is 14.9 Å². The molecule has 1 atom stereocenters. The van der Waals surface area contributed by atoms with Crippen LogP contribution in [0.2, 0.25) is 5.02 Å². The molecule has 0 aliphatic heterocycles. The van der Waals surface area contributed by atoms with Crippen LogP contribution in [0.3, 0.4) is 0 Å². The van der Waals surface area contributed by atoms with Crippen molar-refractivity contribution in [3.8, 4) is 5.75 Å². The maximum Gasteiger partial charge on any atom is 0.271 e. The highest BCUT2D eigenvalue weighted by Crippen LogP contribution is 2.30. The zero-order valence-corrected chi connectivity index (χ0v) is 18.7. The summed E-state index contributed by atoms with van der Waals surface area (Å²) in [5.74, 6) is 0.0602. The Balaban J connectivity index is 1.64. The summed E-state index contributed by atoms with van der Waals surface area (Å²) in [4.78, 5) is 22.6. The van der Waals surface area contributed by atoms with E-state index >= 15 is 0 Å². The third kappa shape index (κ3) is 5.74. The van der Waals surface area contributed by atoms with Crippen LogP contribution in [0.15, 0.2) is 47.6 Å². The molecule has 0 radical (unpaired) electrons. The molecule has 0 fully saturated rings. The zero-order valence-electron chi connectivity index (χ0n) is 17.1. The second kappa shape index (κ2) is 10.4. The first kappa shape index (κ1) is 23.5. The molecule has 0 saturated heterocycles. The minimum absolute atomic E-state index is 0.0276. The van der Waals surface area contributed by atoms with Crippen LogP contribution in [0.5, 0.6) is 5.75 Å². The van der Waals surface area contributed by atoms with Crippen LogP contribution in [0.25, 0.3) is 0 Å². The molecule has 1 unspecified atom stereocenters. The highest BCUT2D eigenvalue weighted by atomic mass is 35.5. The van der Waals surface area contributed by atoms with Crippen LogP contribution in [0, 0.1) is 15.9 Å². The Morgan fingerprint density at radius 2 is 2.12 bits per heavy atom. The molecule has 1 N–H and O–H groups in total. The molecular formula is C20H19ClFN5O4S. The lowest BCUT2D eigenvalue weighted by Gasteiger charge is -2.16. The number of anilines is 1. The number of thioether (sulfide) groups is 1. The molecule has 12 heteroatoms. The van der Waals surface area contributed by atoms with Crippen LogP contribution in [-0.2, 0) is 11.3 Å². The van der Waals surface area contributed by atoms with Gasteiger partial charge < -0.3 is 14.6 Å². The fourth-order valence-corrected chi connectivity index (χ4v) is 3.86. The molecule has 3 rings (SSSR count). The van der Waals surface area contributed by atoms with Crippen LogP contribution in [0.4, 0.5) is 15.8 Å². The maximum absolute atomic E-state index is 13.2. The smallest absolute Gasteiger partial charge is 0.271 e. The van der Waals surface area contributed by atoms with Crippen LogP contribution in [-0.4, -0.2) is 31.3 Å². The van der Waals surface area contributed by atoms with Gasteiger partial charge in [0.1, 0.15) is 11.6 Å². The van der Waals surface area contributed by atoms with Gasteiger partial charge in [0.05, 0.1) is 15.7 Å². The van der Waals surface area contributed by atoms with Gasteiger partial charge in [0.15, 0.2) is 17.1 Å². The predicted octanol–water partition coefficient (Wildman–Crippen LogP) is 4.87. The maximum atomic E-state index is 13.2. The van der Waals surface area contributed by atoms with Gasteiger partial charge in [-0.2, -0.15) is 0 Å². The summed E-state index contributed by atoms with van der Waals surface area (Å²) in [6.07, 6.45) is -0.529. The molecule has 0 bridgehead atoms. The first-order valence-electron chi connectivity index (χ1n) is 9.50. The molecule has 0 aliphatic rings. The number of carbonyl (C=O) groups excluding carboxylic acids is 1. The van der Waals surface area contributed by atoms with E-state index in [4.69, 9.17) is 16.3 Å². The van der Waals surface area contributed by atoms with Crippen molar-refractivity contribution in [1.29, 1.82) is 0 Å². The van der Waals surface area contributed by atoms with Crippen molar-refractivity contribution in [3.63, 3.8) is 0 Å². The van der Waals surface area contributed by atoms with Crippen molar-refractivity contribution in [1.82, 2.24) is 14.8 Å². The summed E-state index contributed by atoms with van der Waals surface area (Å²) >= 11 is 7.20. The first-order valence-corrected chi connectivity index (χ1v) is 10.9. The third-order valence-electron chi connectivity index (χ3n) is 4.30. The quantitative estimate of drug-likeness (QED) is 0.264. The van der Waals surface area contributed by atoms with E-state index < -0.39 is 16.8 Å². The summed E-state index contributed by atoms with van der Waals surface area (Å²) in [5.41, 5.74) is 0.224. The van der Waals surface area contributed by atoms with Crippen molar-refractivity contribution in [3.05, 3.63) is 69.2 Å². The average Bonchev–Trinajstić information content (AvgIpc) is 3.17. The Morgan fingerprint density at radius 1 is 1.34 bits per heavy atom. The van der Waals surface area contributed by atoms with Gasteiger partial charge >= 0.3 is 0 Å². The first-order chi connectivity index (χ1) is 15.3. The molecule has 0 aliphatic carbocycles. The van der Waals surface area contributed by atoms with E-state index in [1.807, 2.05) is 6.92 Å². The topological polar surface area (TPSA) is 112 Å². The number of nitro benzene ring substituents is 1. The molecule has 1 heterocycles. The van der Waals surface area contributed by atoms with E-state index in [0.29, 0.717) is 29.0 Å². The number of hydrogen-bond donors (Lipinski definition) is 1. The van der Waals surface area contributed by atoms with Gasteiger partial charge in [-0.1, -0.05) is 29.4 Å². The number of aromatic nitrogens is 3. The predicted molar refractivity (Wildman–Crippen MR) is 119 cm³/mol. The number of nitrogens with one attached hydrogen (secondary N) is 1. The summed E-state index contributed by atoms with van der Waals surface area (Å²) in [6, 6.07) is 9.55. The van der Waals surface area contributed by atoms with Crippen molar-refractivity contribution in [2.24, 2.45) is 0 Å². The number of hydrogen-bond acceptors (Lipinski definition) is 7. The Bertz CT molecular complexity index is 1140. The van der Waals surface area contributed by atoms with E-state index in [1.165, 1.54) is 42.1 Å². The molecule has 1 amide bonds. The highest BCUT2D eigenvalue weighted by Gasteiger charge is 2.20. The SMILES string of the molecule is CCn1c(SCC(=O)Nc2cccc([N+](=O)[O-])c2)nnc1C(C)Oc1ccc(F)cc1Cl. The van der Waals surface area contributed by atoms with Crippen molar-refractivity contribution < 1.29 is 18.8 Å². The standard InChI is InChI=1S/C20H19ClFN5O4S/c1-3-26-19(12(2)31-17-8-7-13(22)9-16(17)21)24-25-20(26)32-11-18(28)23-14-5-4-6-15(10-14)27(29)30/h4-10,12H,3,11H2,1-2H3,(H,23,28). The lowest BCUT2D eigenvalue weighted by Crippen LogP contribution is -2.15. The van der Waals surface area contributed by atoms with Gasteiger partial charge in [-0.25, -0.2) is 4.39 Å². The lowest BCUT2D eigenvalue weighted by molar-refractivity contribution is -0.384. The van der Waals surface area contributed by atoms with Crippen LogP contribution in [0.1, 0.15) is 25.8 Å². The third-order valence-corrected chi connectivity index (χ3v) is 5.56. The number of nitrogens with zero attached hydrogens (tertiary/aromatic N) is 4. The molecule has 0 saturated carbocycles. The Morgan fingerprint density at radius 3 is 2.81 bits per heavy atom. The zero-order chi connectivity index (χ0) is 23.3. The number of rotatable bonds is 9. The molecule has 168 valence electrons. The average molecular weight is 480 g/mol. The fourth-order valence-electron chi connectivity index (χ4n) is 2.84. The molecule has 0 spiro atoms. The van der Waals surface area contributed by atoms with E-state index in [-0.39, 0.29) is 22.4 Å². The molecule has 1 aromatic heterocycles. The number of nitro groups is 1. The number of non-ortho nitro benzene ring substituents is 1.